The molecule has 9 heteroatoms. The standard InChI is InChI=1S/C18H18BrN3O5/c1-26-15-8-14(19)7-13(17(15)24)9-21-22-16(23)10-20-18(25)27-11-12-5-3-2-4-6-12/h2-9,24H,10-11H2,1H3,(H,20,25)(H,22,23). The highest BCUT2D eigenvalue weighted by Crippen LogP contribution is 2.32. The van der Waals surface area contributed by atoms with Gasteiger partial charge in [0.05, 0.1) is 13.3 Å². The van der Waals surface area contributed by atoms with Crippen molar-refractivity contribution in [1.29, 1.82) is 0 Å². The summed E-state index contributed by atoms with van der Waals surface area (Å²) in [4.78, 5) is 23.3. The van der Waals surface area contributed by atoms with Crippen LogP contribution in [0.25, 0.3) is 0 Å². The van der Waals surface area contributed by atoms with Gasteiger partial charge in [0.25, 0.3) is 5.91 Å². The Bertz CT molecular complexity index is 827. The van der Waals surface area contributed by atoms with Gasteiger partial charge in [-0.2, -0.15) is 5.10 Å². The topological polar surface area (TPSA) is 109 Å². The number of nitrogens with zero attached hydrogens (tertiary/aromatic N) is 1. The van der Waals surface area contributed by atoms with E-state index in [-0.39, 0.29) is 24.7 Å². The van der Waals surface area contributed by atoms with Crippen LogP contribution >= 0.6 is 15.9 Å². The van der Waals surface area contributed by atoms with Gasteiger partial charge in [0.1, 0.15) is 13.2 Å². The van der Waals surface area contributed by atoms with Gasteiger partial charge in [-0.3, -0.25) is 4.79 Å². The third kappa shape index (κ3) is 6.63. The molecule has 0 aromatic heterocycles. The molecule has 27 heavy (non-hydrogen) atoms. The van der Waals surface area contributed by atoms with E-state index in [2.05, 4.69) is 31.8 Å². The Morgan fingerprint density at radius 3 is 2.70 bits per heavy atom. The minimum atomic E-state index is -0.715. The first-order chi connectivity index (χ1) is 13.0. The second-order valence-corrected chi connectivity index (χ2v) is 6.17. The number of hydrazone groups is 1. The number of halogens is 1. The normalized spacial score (nSPS) is 10.4. The van der Waals surface area contributed by atoms with E-state index in [0.29, 0.717) is 10.0 Å². The third-order valence-corrected chi connectivity index (χ3v) is 3.75. The first kappa shape index (κ1) is 20.2. The largest absolute Gasteiger partial charge is 0.504 e. The number of carbonyl (C=O) groups is 2. The number of rotatable bonds is 7. The SMILES string of the molecule is COc1cc(Br)cc(C=NNC(=O)CNC(=O)OCc2ccccc2)c1O. The number of amides is 2. The first-order valence-corrected chi connectivity index (χ1v) is 8.62. The summed E-state index contributed by atoms with van der Waals surface area (Å²) in [5, 5.41) is 16.0. The number of hydrogen-bond donors (Lipinski definition) is 3. The Morgan fingerprint density at radius 1 is 1.26 bits per heavy atom. The summed E-state index contributed by atoms with van der Waals surface area (Å²) >= 11 is 3.28. The second-order valence-electron chi connectivity index (χ2n) is 5.25. The molecule has 2 aromatic carbocycles. The maximum Gasteiger partial charge on any atom is 0.407 e. The van der Waals surface area contributed by atoms with Crippen molar-refractivity contribution in [2.45, 2.75) is 6.61 Å². The van der Waals surface area contributed by atoms with E-state index in [1.54, 1.807) is 12.1 Å². The Hall–Kier alpha value is -3.07. The van der Waals surface area contributed by atoms with E-state index in [1.807, 2.05) is 30.3 Å². The van der Waals surface area contributed by atoms with Gasteiger partial charge in [-0.25, -0.2) is 10.2 Å². The molecule has 0 unspecified atom stereocenters. The van der Waals surface area contributed by atoms with Gasteiger partial charge in [0, 0.05) is 10.0 Å². The average Bonchev–Trinajstić information content (AvgIpc) is 2.67. The molecule has 0 aliphatic rings. The molecule has 0 saturated heterocycles. The molecular weight excluding hydrogens is 418 g/mol. The number of phenols is 1. The number of hydrogen-bond acceptors (Lipinski definition) is 6. The number of benzene rings is 2. The fourth-order valence-electron chi connectivity index (χ4n) is 1.99. The fraction of sp³-hybridized carbons (Fsp3) is 0.167. The molecule has 0 aliphatic carbocycles. The monoisotopic (exact) mass is 435 g/mol. The van der Waals surface area contributed by atoms with Crippen LogP contribution in [0.1, 0.15) is 11.1 Å². The summed E-state index contributed by atoms with van der Waals surface area (Å²) in [6.07, 6.45) is 0.543. The molecule has 0 saturated carbocycles. The van der Waals surface area contributed by atoms with Crippen molar-refractivity contribution < 1.29 is 24.2 Å². The van der Waals surface area contributed by atoms with E-state index in [1.165, 1.54) is 13.3 Å². The maximum absolute atomic E-state index is 11.7. The zero-order valence-electron chi connectivity index (χ0n) is 14.4. The lowest BCUT2D eigenvalue weighted by Gasteiger charge is -2.07. The van der Waals surface area contributed by atoms with Crippen LogP contribution in [0, 0.1) is 0 Å². The van der Waals surface area contributed by atoms with Crippen molar-refractivity contribution in [3.05, 3.63) is 58.1 Å². The highest BCUT2D eigenvalue weighted by Gasteiger charge is 2.09. The van der Waals surface area contributed by atoms with Gasteiger partial charge >= 0.3 is 6.09 Å². The van der Waals surface area contributed by atoms with Gasteiger partial charge in [-0.15, -0.1) is 0 Å². The van der Waals surface area contributed by atoms with E-state index in [0.717, 1.165) is 5.56 Å². The highest BCUT2D eigenvalue weighted by molar-refractivity contribution is 9.10. The molecule has 0 atom stereocenters. The van der Waals surface area contributed by atoms with Crippen molar-refractivity contribution >= 4 is 34.1 Å². The minimum Gasteiger partial charge on any atom is -0.504 e. The quantitative estimate of drug-likeness (QED) is 0.457. The van der Waals surface area contributed by atoms with Crippen molar-refractivity contribution in [3.63, 3.8) is 0 Å². The third-order valence-electron chi connectivity index (χ3n) is 3.29. The molecule has 2 amide bonds. The zero-order chi connectivity index (χ0) is 19.6. The summed E-state index contributed by atoms with van der Waals surface area (Å²) in [5.74, 6) is -0.398. The Kier molecular flexibility index (Phi) is 7.63. The van der Waals surface area contributed by atoms with Crippen molar-refractivity contribution in [2.24, 2.45) is 5.10 Å². The number of methoxy groups -OCH3 is 1. The molecule has 3 N–H and O–H groups in total. The van der Waals surface area contributed by atoms with Crippen molar-refractivity contribution in [1.82, 2.24) is 10.7 Å². The van der Waals surface area contributed by atoms with Crippen molar-refractivity contribution in [2.75, 3.05) is 13.7 Å². The van der Waals surface area contributed by atoms with Crippen molar-refractivity contribution in [3.8, 4) is 11.5 Å². The Balaban J connectivity index is 1.77. The van der Waals surface area contributed by atoms with Gasteiger partial charge in [0.2, 0.25) is 0 Å². The zero-order valence-corrected chi connectivity index (χ0v) is 16.0. The predicted molar refractivity (Wildman–Crippen MR) is 103 cm³/mol. The highest BCUT2D eigenvalue weighted by atomic mass is 79.9. The fourth-order valence-corrected chi connectivity index (χ4v) is 2.44. The van der Waals surface area contributed by atoms with Crippen LogP contribution in [-0.4, -0.2) is 37.0 Å². The van der Waals surface area contributed by atoms with Gasteiger partial charge < -0.3 is 19.9 Å². The molecule has 0 bridgehead atoms. The average molecular weight is 436 g/mol. The molecule has 0 radical (unpaired) electrons. The molecule has 2 rings (SSSR count). The molecule has 142 valence electrons. The summed E-state index contributed by atoms with van der Waals surface area (Å²) in [6.45, 7) is -0.199. The van der Waals surface area contributed by atoms with Crippen LogP contribution in [0.15, 0.2) is 52.0 Å². The lowest BCUT2D eigenvalue weighted by molar-refractivity contribution is -0.120. The molecule has 8 nitrogen and oxygen atoms in total. The molecule has 0 heterocycles. The van der Waals surface area contributed by atoms with E-state index in [4.69, 9.17) is 9.47 Å². The smallest absolute Gasteiger partial charge is 0.407 e. The van der Waals surface area contributed by atoms with E-state index >= 15 is 0 Å². The minimum absolute atomic E-state index is 0.108. The van der Waals surface area contributed by atoms with Crippen LogP contribution in [0.5, 0.6) is 11.5 Å². The Labute approximate surface area is 164 Å². The number of aromatic hydroxyl groups is 1. The summed E-state index contributed by atoms with van der Waals surface area (Å²) in [5.41, 5.74) is 3.42. The van der Waals surface area contributed by atoms with Crippen LogP contribution in [-0.2, 0) is 16.1 Å². The van der Waals surface area contributed by atoms with Crippen LogP contribution < -0.4 is 15.5 Å². The number of ether oxygens (including phenoxy) is 2. The summed E-state index contributed by atoms with van der Waals surface area (Å²) in [6, 6.07) is 12.4. The lowest BCUT2D eigenvalue weighted by atomic mass is 10.2. The predicted octanol–water partition coefficient (Wildman–Crippen LogP) is 2.54. The first-order valence-electron chi connectivity index (χ1n) is 7.82. The molecule has 0 fully saturated rings. The lowest BCUT2D eigenvalue weighted by Crippen LogP contribution is -2.35. The van der Waals surface area contributed by atoms with Gasteiger partial charge in [-0.05, 0) is 17.7 Å². The molecule has 0 aliphatic heterocycles. The molecule has 2 aromatic rings. The van der Waals surface area contributed by atoms with Crippen LogP contribution in [0.3, 0.4) is 0 Å². The van der Waals surface area contributed by atoms with E-state index in [9.17, 15) is 14.7 Å². The molecular formula is C18H18BrN3O5. The maximum atomic E-state index is 11.7. The number of alkyl carbamates (subject to hydrolysis) is 1. The van der Waals surface area contributed by atoms with Crippen LogP contribution in [0.2, 0.25) is 0 Å². The molecule has 0 spiro atoms. The summed E-state index contributed by atoms with van der Waals surface area (Å²) in [7, 11) is 1.42. The van der Waals surface area contributed by atoms with Gasteiger partial charge in [-0.1, -0.05) is 46.3 Å². The number of nitrogens with one attached hydrogen (secondary N) is 2. The summed E-state index contributed by atoms with van der Waals surface area (Å²) < 4.78 is 10.7. The number of phenolic OH excluding ortho intramolecular Hbond substituents is 1. The van der Waals surface area contributed by atoms with E-state index < -0.39 is 12.0 Å². The Morgan fingerprint density at radius 2 is 2.00 bits per heavy atom. The van der Waals surface area contributed by atoms with Crippen LogP contribution in [0.4, 0.5) is 4.79 Å². The van der Waals surface area contributed by atoms with Gasteiger partial charge in [0.15, 0.2) is 11.5 Å². The second kappa shape index (κ2) is 10.2. The number of carbonyl (C=O) groups excluding carboxylic acids is 2.